The Kier molecular flexibility index (Phi) is 3.38. The predicted octanol–water partition coefficient (Wildman–Crippen LogP) is -0.355. The number of aryl methyl sites for hydroxylation is 1. The molecule has 3 aromatic rings. The van der Waals surface area contributed by atoms with Gasteiger partial charge in [-0.05, 0) is 13.0 Å². The first-order chi connectivity index (χ1) is 11.9. The van der Waals surface area contributed by atoms with Gasteiger partial charge in [0.05, 0.1) is 23.4 Å². The molecule has 1 amide bonds. The van der Waals surface area contributed by atoms with Gasteiger partial charge >= 0.3 is 5.69 Å². The van der Waals surface area contributed by atoms with Crippen molar-refractivity contribution in [2.75, 3.05) is 6.54 Å². The van der Waals surface area contributed by atoms with E-state index in [9.17, 15) is 14.4 Å². The number of fused-ring (bicyclic) bond motifs is 2. The minimum atomic E-state index is -0.559. The van der Waals surface area contributed by atoms with Crippen molar-refractivity contribution in [1.29, 1.82) is 0 Å². The Morgan fingerprint density at radius 1 is 1.32 bits per heavy atom. The molecule has 0 atom stereocenters. The molecule has 1 aliphatic rings. The molecule has 4 rings (SSSR count). The number of imidazole rings is 1. The number of nitrogens with zero attached hydrogens (tertiary/aromatic N) is 4. The molecule has 9 nitrogen and oxygen atoms in total. The maximum Gasteiger partial charge on any atom is 0.326 e. The SMILES string of the molecule is Cc1nc2c(n1C)CN(C(=O)Cn1ccc3[nH]c(=O)[nH]c(=O)c31)CC2. The van der Waals surface area contributed by atoms with Gasteiger partial charge in [0.25, 0.3) is 5.56 Å². The van der Waals surface area contributed by atoms with Gasteiger partial charge in [-0.25, -0.2) is 9.78 Å². The molecule has 130 valence electrons. The zero-order chi connectivity index (χ0) is 17.7. The summed E-state index contributed by atoms with van der Waals surface area (Å²) in [5.74, 6) is 0.860. The highest BCUT2D eigenvalue weighted by molar-refractivity contribution is 5.80. The Bertz CT molecular complexity index is 1100. The summed E-state index contributed by atoms with van der Waals surface area (Å²) in [6.07, 6.45) is 2.36. The Hall–Kier alpha value is -3.10. The van der Waals surface area contributed by atoms with Gasteiger partial charge in [0, 0.05) is 26.2 Å². The lowest BCUT2D eigenvalue weighted by Gasteiger charge is -2.27. The number of amides is 1. The van der Waals surface area contributed by atoms with Crippen LogP contribution in [0.4, 0.5) is 0 Å². The van der Waals surface area contributed by atoms with E-state index in [0.717, 1.165) is 23.6 Å². The molecule has 0 saturated heterocycles. The Morgan fingerprint density at radius 2 is 2.12 bits per heavy atom. The quantitative estimate of drug-likeness (QED) is 0.663. The van der Waals surface area contributed by atoms with Crippen LogP contribution in [0.5, 0.6) is 0 Å². The highest BCUT2D eigenvalue weighted by Crippen LogP contribution is 2.19. The number of rotatable bonds is 2. The van der Waals surface area contributed by atoms with E-state index in [1.54, 1.807) is 21.7 Å². The minimum absolute atomic E-state index is 0.0464. The van der Waals surface area contributed by atoms with Crippen molar-refractivity contribution >= 4 is 16.9 Å². The molecule has 0 unspecified atom stereocenters. The molecule has 25 heavy (non-hydrogen) atoms. The van der Waals surface area contributed by atoms with Crippen molar-refractivity contribution in [2.24, 2.45) is 7.05 Å². The van der Waals surface area contributed by atoms with E-state index in [0.29, 0.717) is 24.1 Å². The molecule has 3 aromatic heterocycles. The van der Waals surface area contributed by atoms with Gasteiger partial charge in [-0.1, -0.05) is 0 Å². The summed E-state index contributed by atoms with van der Waals surface area (Å²) in [5.41, 5.74) is 1.75. The molecule has 0 aliphatic carbocycles. The smallest absolute Gasteiger partial charge is 0.326 e. The van der Waals surface area contributed by atoms with E-state index in [-0.39, 0.29) is 12.5 Å². The van der Waals surface area contributed by atoms with Crippen molar-refractivity contribution in [3.05, 3.63) is 50.3 Å². The molecular weight excluding hydrogens is 324 g/mol. The Balaban J connectivity index is 1.60. The van der Waals surface area contributed by atoms with Crippen LogP contribution in [0.2, 0.25) is 0 Å². The lowest BCUT2D eigenvalue weighted by Crippen LogP contribution is -2.38. The molecule has 9 heteroatoms. The van der Waals surface area contributed by atoms with E-state index in [1.165, 1.54) is 0 Å². The number of carbonyl (C=O) groups excluding carboxylic acids is 1. The molecule has 2 N–H and O–H groups in total. The third-order valence-electron chi connectivity index (χ3n) is 4.79. The van der Waals surface area contributed by atoms with Crippen molar-refractivity contribution in [2.45, 2.75) is 26.4 Å². The average Bonchev–Trinajstić information content (AvgIpc) is 3.09. The number of aromatic amines is 2. The summed E-state index contributed by atoms with van der Waals surface area (Å²) < 4.78 is 3.58. The van der Waals surface area contributed by atoms with Crippen LogP contribution < -0.4 is 11.2 Å². The molecular formula is C16H18N6O3. The third-order valence-corrected chi connectivity index (χ3v) is 4.79. The van der Waals surface area contributed by atoms with Crippen molar-refractivity contribution in [3.63, 3.8) is 0 Å². The molecule has 0 saturated carbocycles. The van der Waals surface area contributed by atoms with E-state index in [4.69, 9.17) is 0 Å². The maximum atomic E-state index is 12.7. The molecule has 0 fully saturated rings. The monoisotopic (exact) mass is 342 g/mol. The van der Waals surface area contributed by atoms with Crippen LogP contribution >= 0.6 is 0 Å². The molecule has 0 radical (unpaired) electrons. The number of carbonyl (C=O) groups is 1. The van der Waals surface area contributed by atoms with Gasteiger partial charge in [0.2, 0.25) is 5.91 Å². The summed E-state index contributed by atoms with van der Waals surface area (Å²) >= 11 is 0. The molecule has 0 aromatic carbocycles. The van der Waals surface area contributed by atoms with Gasteiger partial charge in [-0.2, -0.15) is 0 Å². The summed E-state index contributed by atoms with van der Waals surface area (Å²) in [6.45, 7) is 3.11. The zero-order valence-electron chi connectivity index (χ0n) is 14.0. The van der Waals surface area contributed by atoms with Gasteiger partial charge < -0.3 is 19.0 Å². The number of nitrogens with one attached hydrogen (secondary N) is 2. The van der Waals surface area contributed by atoms with Crippen LogP contribution in [0.15, 0.2) is 21.9 Å². The highest BCUT2D eigenvalue weighted by Gasteiger charge is 2.25. The second-order valence-electron chi connectivity index (χ2n) is 6.29. The highest BCUT2D eigenvalue weighted by atomic mass is 16.2. The maximum absolute atomic E-state index is 12.7. The topological polar surface area (TPSA) is 109 Å². The molecule has 4 heterocycles. The van der Waals surface area contributed by atoms with Crippen molar-refractivity contribution in [3.8, 4) is 0 Å². The molecule has 1 aliphatic heterocycles. The summed E-state index contributed by atoms with van der Waals surface area (Å²) in [6, 6.07) is 1.62. The van der Waals surface area contributed by atoms with Gasteiger partial charge in [0.1, 0.15) is 17.9 Å². The van der Waals surface area contributed by atoms with Gasteiger partial charge in [0.15, 0.2) is 0 Å². The standard InChI is InChI=1S/C16H18N6O3/c1-9-17-10-3-5-21(7-12(10)20(9)2)13(23)8-22-6-4-11-14(22)15(24)19-16(25)18-11/h4,6H,3,5,7-8H2,1-2H3,(H2,18,19,24,25). The van der Waals surface area contributed by atoms with Crippen LogP contribution in [-0.2, 0) is 31.4 Å². The lowest BCUT2D eigenvalue weighted by molar-refractivity contribution is -0.132. The summed E-state index contributed by atoms with van der Waals surface area (Å²) in [7, 11) is 1.95. The normalized spacial score (nSPS) is 14.1. The van der Waals surface area contributed by atoms with Crippen molar-refractivity contribution < 1.29 is 4.79 Å². The van der Waals surface area contributed by atoms with Gasteiger partial charge in [-0.15, -0.1) is 0 Å². The van der Waals surface area contributed by atoms with Gasteiger partial charge in [-0.3, -0.25) is 14.6 Å². The first kappa shape index (κ1) is 15.4. The fourth-order valence-corrected chi connectivity index (χ4v) is 3.35. The fraction of sp³-hybridized carbons (Fsp3) is 0.375. The van der Waals surface area contributed by atoms with Crippen LogP contribution in [0.3, 0.4) is 0 Å². The first-order valence-electron chi connectivity index (χ1n) is 8.04. The zero-order valence-corrected chi connectivity index (χ0v) is 14.0. The second kappa shape index (κ2) is 5.47. The predicted molar refractivity (Wildman–Crippen MR) is 90.2 cm³/mol. The minimum Gasteiger partial charge on any atom is -0.335 e. The van der Waals surface area contributed by atoms with E-state index < -0.39 is 11.2 Å². The van der Waals surface area contributed by atoms with E-state index >= 15 is 0 Å². The number of H-pyrrole nitrogens is 2. The Morgan fingerprint density at radius 3 is 2.92 bits per heavy atom. The number of hydrogen-bond acceptors (Lipinski definition) is 4. The first-order valence-corrected chi connectivity index (χ1v) is 8.04. The molecule has 0 spiro atoms. The third kappa shape index (κ3) is 2.48. The van der Waals surface area contributed by atoms with Crippen LogP contribution in [0.25, 0.3) is 11.0 Å². The van der Waals surface area contributed by atoms with Crippen LogP contribution in [-0.4, -0.2) is 41.4 Å². The van der Waals surface area contributed by atoms with Crippen LogP contribution in [0.1, 0.15) is 17.2 Å². The summed E-state index contributed by atoms with van der Waals surface area (Å²) in [5, 5.41) is 0. The van der Waals surface area contributed by atoms with Crippen LogP contribution in [0, 0.1) is 6.92 Å². The fourth-order valence-electron chi connectivity index (χ4n) is 3.35. The molecule has 0 bridgehead atoms. The van der Waals surface area contributed by atoms with Crippen molar-refractivity contribution in [1.82, 2.24) is 29.0 Å². The number of hydrogen-bond donors (Lipinski definition) is 2. The largest absolute Gasteiger partial charge is 0.335 e. The van der Waals surface area contributed by atoms with E-state index in [2.05, 4.69) is 15.0 Å². The lowest BCUT2D eigenvalue weighted by atomic mass is 10.1. The average molecular weight is 342 g/mol. The Labute approximate surface area is 141 Å². The number of aromatic nitrogens is 5. The summed E-state index contributed by atoms with van der Waals surface area (Å²) in [4.78, 5) is 47.1. The second-order valence-corrected chi connectivity index (χ2v) is 6.29. The van der Waals surface area contributed by atoms with E-state index in [1.807, 2.05) is 18.5 Å².